The highest BCUT2D eigenvalue weighted by molar-refractivity contribution is 9.10. The van der Waals surface area contributed by atoms with Gasteiger partial charge in [-0.3, -0.25) is 5.32 Å². The Morgan fingerprint density at radius 3 is 2.68 bits per heavy atom. The molecule has 1 aromatic rings. The third-order valence-corrected chi connectivity index (χ3v) is 4.34. The van der Waals surface area contributed by atoms with Crippen LogP contribution in [0.15, 0.2) is 28.7 Å². The van der Waals surface area contributed by atoms with E-state index >= 15 is 0 Å². The quantitative estimate of drug-likeness (QED) is 0.862. The van der Waals surface area contributed by atoms with Gasteiger partial charge in [0.1, 0.15) is 5.54 Å². The zero-order chi connectivity index (χ0) is 13.9. The minimum absolute atomic E-state index is 0.238. The number of carbonyl (C=O) groups excluding carboxylic acids is 1. The Morgan fingerprint density at radius 1 is 1.42 bits per heavy atom. The van der Waals surface area contributed by atoms with Gasteiger partial charge in [0.05, 0.1) is 7.11 Å². The topological polar surface area (TPSA) is 38.3 Å². The van der Waals surface area contributed by atoms with Gasteiger partial charge in [-0.15, -0.1) is 0 Å². The van der Waals surface area contributed by atoms with Crippen molar-refractivity contribution in [1.29, 1.82) is 0 Å². The fourth-order valence-corrected chi connectivity index (χ4v) is 3.14. The first-order valence-electron chi connectivity index (χ1n) is 6.68. The summed E-state index contributed by atoms with van der Waals surface area (Å²) in [5, 5.41) is 3.49. The second-order valence-corrected chi connectivity index (χ2v) is 6.17. The SMILES string of the molecule is COC(=O)C(C)(NC1CCCC1)c1cccc(Br)c1. The average Bonchev–Trinajstić information content (AvgIpc) is 2.90. The number of hydrogen-bond donors (Lipinski definition) is 1. The molecule has 0 radical (unpaired) electrons. The highest BCUT2D eigenvalue weighted by atomic mass is 79.9. The molecule has 0 bridgehead atoms. The van der Waals surface area contributed by atoms with Gasteiger partial charge in [0.15, 0.2) is 0 Å². The molecule has 4 heteroatoms. The number of benzene rings is 1. The highest BCUT2D eigenvalue weighted by Crippen LogP contribution is 2.29. The Kier molecular flexibility index (Phi) is 4.63. The molecule has 1 aliphatic rings. The minimum atomic E-state index is -0.784. The van der Waals surface area contributed by atoms with E-state index in [2.05, 4.69) is 21.2 Å². The summed E-state index contributed by atoms with van der Waals surface area (Å²) in [6, 6.07) is 8.22. The zero-order valence-electron chi connectivity index (χ0n) is 11.4. The van der Waals surface area contributed by atoms with Crippen molar-refractivity contribution in [1.82, 2.24) is 5.32 Å². The van der Waals surface area contributed by atoms with Crippen LogP contribution in [-0.2, 0) is 15.1 Å². The Bertz CT molecular complexity index is 457. The van der Waals surface area contributed by atoms with Crippen LogP contribution >= 0.6 is 15.9 Å². The molecule has 1 fully saturated rings. The number of ether oxygens (including phenoxy) is 1. The summed E-state index contributed by atoms with van der Waals surface area (Å²) in [6.07, 6.45) is 4.71. The van der Waals surface area contributed by atoms with E-state index in [9.17, 15) is 4.79 Å². The van der Waals surface area contributed by atoms with Crippen LogP contribution in [-0.4, -0.2) is 19.1 Å². The van der Waals surface area contributed by atoms with Crippen molar-refractivity contribution in [3.05, 3.63) is 34.3 Å². The first-order valence-corrected chi connectivity index (χ1v) is 7.48. The van der Waals surface area contributed by atoms with Crippen LogP contribution in [0.4, 0.5) is 0 Å². The molecule has 0 heterocycles. The molecule has 0 aromatic heterocycles. The molecule has 3 nitrogen and oxygen atoms in total. The Hall–Kier alpha value is -0.870. The van der Waals surface area contributed by atoms with E-state index < -0.39 is 5.54 Å². The summed E-state index contributed by atoms with van der Waals surface area (Å²) >= 11 is 3.46. The summed E-state index contributed by atoms with van der Waals surface area (Å²) in [5.41, 5.74) is 0.147. The molecule has 1 aromatic carbocycles. The molecular formula is C15H20BrNO2. The molecule has 0 saturated heterocycles. The number of halogens is 1. The predicted octanol–water partition coefficient (Wildman–Crippen LogP) is 3.37. The fourth-order valence-electron chi connectivity index (χ4n) is 2.74. The maximum absolute atomic E-state index is 12.2. The van der Waals surface area contributed by atoms with E-state index in [1.165, 1.54) is 20.0 Å². The third kappa shape index (κ3) is 3.18. The molecule has 0 spiro atoms. The van der Waals surface area contributed by atoms with E-state index in [1.54, 1.807) is 0 Å². The lowest BCUT2D eigenvalue weighted by molar-refractivity contribution is -0.148. The first kappa shape index (κ1) is 14.5. The van der Waals surface area contributed by atoms with Crippen LogP contribution in [0.2, 0.25) is 0 Å². The second-order valence-electron chi connectivity index (χ2n) is 5.25. The molecule has 0 aliphatic heterocycles. The molecular weight excluding hydrogens is 306 g/mol. The summed E-state index contributed by atoms with van der Waals surface area (Å²) in [7, 11) is 1.44. The number of carbonyl (C=O) groups is 1. The largest absolute Gasteiger partial charge is 0.467 e. The van der Waals surface area contributed by atoms with Crippen LogP contribution in [0.25, 0.3) is 0 Å². The smallest absolute Gasteiger partial charge is 0.330 e. The number of hydrogen-bond acceptors (Lipinski definition) is 3. The molecule has 1 N–H and O–H groups in total. The Labute approximate surface area is 122 Å². The van der Waals surface area contributed by atoms with Gasteiger partial charge in [-0.25, -0.2) is 4.79 Å². The van der Waals surface area contributed by atoms with Crippen molar-refractivity contribution in [2.24, 2.45) is 0 Å². The normalized spacial score (nSPS) is 19.1. The summed E-state index contributed by atoms with van der Waals surface area (Å²) < 4.78 is 5.97. The van der Waals surface area contributed by atoms with E-state index in [-0.39, 0.29) is 5.97 Å². The van der Waals surface area contributed by atoms with E-state index in [1.807, 2.05) is 31.2 Å². The second kappa shape index (κ2) is 6.06. The predicted molar refractivity (Wildman–Crippen MR) is 78.9 cm³/mol. The Balaban J connectivity index is 2.30. The zero-order valence-corrected chi connectivity index (χ0v) is 13.0. The Morgan fingerprint density at radius 2 is 2.11 bits per heavy atom. The molecule has 1 saturated carbocycles. The van der Waals surface area contributed by atoms with Gasteiger partial charge in [-0.2, -0.15) is 0 Å². The lowest BCUT2D eigenvalue weighted by Crippen LogP contribution is -2.51. The molecule has 19 heavy (non-hydrogen) atoms. The number of methoxy groups -OCH3 is 1. The summed E-state index contributed by atoms with van der Waals surface area (Å²) in [4.78, 5) is 12.2. The van der Waals surface area contributed by atoms with Gasteiger partial charge in [-0.1, -0.05) is 40.9 Å². The van der Waals surface area contributed by atoms with Gasteiger partial charge >= 0.3 is 5.97 Å². The molecule has 0 amide bonds. The monoisotopic (exact) mass is 325 g/mol. The van der Waals surface area contributed by atoms with Gasteiger partial charge in [0.2, 0.25) is 0 Å². The van der Waals surface area contributed by atoms with Crippen LogP contribution in [0, 0.1) is 0 Å². The van der Waals surface area contributed by atoms with Crippen LogP contribution in [0.3, 0.4) is 0 Å². The van der Waals surface area contributed by atoms with Gasteiger partial charge in [0.25, 0.3) is 0 Å². The third-order valence-electron chi connectivity index (χ3n) is 3.84. The van der Waals surface area contributed by atoms with Crippen LogP contribution in [0.1, 0.15) is 38.2 Å². The first-order chi connectivity index (χ1) is 9.06. The molecule has 1 atom stereocenters. The molecule has 104 valence electrons. The molecule has 1 unspecified atom stereocenters. The average molecular weight is 326 g/mol. The van der Waals surface area contributed by atoms with E-state index in [0.29, 0.717) is 6.04 Å². The fraction of sp³-hybridized carbons (Fsp3) is 0.533. The maximum Gasteiger partial charge on any atom is 0.330 e. The molecule has 1 aliphatic carbocycles. The van der Waals surface area contributed by atoms with Crippen molar-refractivity contribution >= 4 is 21.9 Å². The lowest BCUT2D eigenvalue weighted by Gasteiger charge is -2.32. The number of nitrogens with one attached hydrogen (secondary N) is 1. The highest BCUT2D eigenvalue weighted by Gasteiger charge is 2.38. The standard InChI is InChI=1S/C15H20BrNO2/c1-15(14(18)19-2,17-13-8-3-4-9-13)11-6-5-7-12(16)10-11/h5-7,10,13,17H,3-4,8-9H2,1-2H3. The lowest BCUT2D eigenvalue weighted by atomic mass is 9.90. The number of esters is 1. The van der Waals surface area contributed by atoms with Crippen molar-refractivity contribution in [2.45, 2.75) is 44.2 Å². The van der Waals surface area contributed by atoms with E-state index in [0.717, 1.165) is 22.9 Å². The van der Waals surface area contributed by atoms with Crippen molar-refractivity contribution in [2.75, 3.05) is 7.11 Å². The van der Waals surface area contributed by atoms with Gasteiger partial charge < -0.3 is 4.74 Å². The van der Waals surface area contributed by atoms with Crippen molar-refractivity contribution < 1.29 is 9.53 Å². The number of rotatable bonds is 4. The van der Waals surface area contributed by atoms with Crippen molar-refractivity contribution in [3.8, 4) is 0 Å². The van der Waals surface area contributed by atoms with E-state index in [4.69, 9.17) is 4.74 Å². The summed E-state index contributed by atoms with van der Waals surface area (Å²) in [6.45, 7) is 1.90. The van der Waals surface area contributed by atoms with Crippen LogP contribution < -0.4 is 5.32 Å². The van der Waals surface area contributed by atoms with Gasteiger partial charge in [0, 0.05) is 10.5 Å². The molecule has 2 rings (SSSR count). The van der Waals surface area contributed by atoms with Crippen LogP contribution in [0.5, 0.6) is 0 Å². The maximum atomic E-state index is 12.2. The van der Waals surface area contributed by atoms with Crippen molar-refractivity contribution in [3.63, 3.8) is 0 Å². The minimum Gasteiger partial charge on any atom is -0.467 e. The summed E-state index contributed by atoms with van der Waals surface area (Å²) in [5.74, 6) is -0.238. The van der Waals surface area contributed by atoms with Gasteiger partial charge in [-0.05, 0) is 37.5 Å².